The Hall–Kier alpha value is -3.36. The highest BCUT2D eigenvalue weighted by Crippen LogP contribution is 2.30. The van der Waals surface area contributed by atoms with Crippen LogP contribution in [-0.4, -0.2) is 64.2 Å². The Morgan fingerprint density at radius 1 is 1.16 bits per heavy atom. The van der Waals surface area contributed by atoms with Crippen molar-refractivity contribution in [2.45, 2.75) is 31.8 Å². The lowest BCUT2D eigenvalue weighted by Crippen LogP contribution is -2.51. The molecule has 0 radical (unpaired) electrons. The molecule has 2 N–H and O–H groups in total. The Kier molecular flexibility index (Phi) is 7.85. The summed E-state index contributed by atoms with van der Waals surface area (Å²) < 4.78 is 64.8. The number of carbonyl (C=O) groups is 1. The number of rotatable bonds is 8. The minimum atomic E-state index is -5.63. The van der Waals surface area contributed by atoms with Crippen molar-refractivity contribution in [3.05, 3.63) is 64.6 Å². The summed E-state index contributed by atoms with van der Waals surface area (Å²) in [6, 6.07) is 10.1. The summed E-state index contributed by atoms with van der Waals surface area (Å²) in [6.07, 6.45) is 1.80. The van der Waals surface area contributed by atoms with Crippen LogP contribution in [0.1, 0.15) is 35.1 Å². The van der Waals surface area contributed by atoms with Gasteiger partial charge in [0.2, 0.25) is 0 Å². The number of amides is 1. The molecule has 0 aliphatic carbocycles. The van der Waals surface area contributed by atoms with Crippen LogP contribution in [0.5, 0.6) is 0 Å². The normalized spacial score (nSPS) is 14.6. The van der Waals surface area contributed by atoms with Crippen molar-refractivity contribution in [3.8, 4) is 0 Å². The van der Waals surface area contributed by atoms with Gasteiger partial charge in [-0.15, -0.1) is 0 Å². The van der Waals surface area contributed by atoms with E-state index in [4.69, 9.17) is 11.6 Å². The number of sulfonamides is 1. The highest BCUT2D eigenvalue weighted by Gasteiger charge is 2.51. The highest BCUT2D eigenvalue weighted by atomic mass is 35.5. The smallest absolute Gasteiger partial charge is 0.396 e. The van der Waals surface area contributed by atoms with E-state index in [9.17, 15) is 31.5 Å². The van der Waals surface area contributed by atoms with Crippen LogP contribution in [0.3, 0.4) is 0 Å². The van der Waals surface area contributed by atoms with Gasteiger partial charge >= 0.3 is 15.5 Å². The number of hydrogen-bond donors (Lipinski definition) is 2. The van der Waals surface area contributed by atoms with Crippen LogP contribution in [0.25, 0.3) is 5.65 Å². The molecule has 15 heteroatoms. The number of fused-ring (bicyclic) bond motifs is 1. The van der Waals surface area contributed by atoms with Gasteiger partial charge in [-0.1, -0.05) is 30.7 Å². The first kappa shape index (κ1) is 27.7. The number of carbonyl (C=O) groups excluding carboxylic acids is 1. The lowest BCUT2D eigenvalue weighted by molar-refractivity contribution is -0.0473. The summed E-state index contributed by atoms with van der Waals surface area (Å²) in [5, 5.41) is 18.0. The molecule has 1 aromatic carbocycles. The van der Waals surface area contributed by atoms with E-state index in [2.05, 4.69) is 15.4 Å². The van der Waals surface area contributed by atoms with E-state index in [1.54, 1.807) is 47.0 Å². The minimum Gasteiger partial charge on any atom is -0.396 e. The van der Waals surface area contributed by atoms with E-state index in [0.717, 1.165) is 5.56 Å². The third-order valence-electron chi connectivity index (χ3n) is 5.85. The van der Waals surface area contributed by atoms with Gasteiger partial charge in [0.05, 0.1) is 36.1 Å². The lowest BCUT2D eigenvalue weighted by Gasteiger charge is -2.34. The summed E-state index contributed by atoms with van der Waals surface area (Å²) in [7, 11) is -5.63. The van der Waals surface area contributed by atoms with Gasteiger partial charge < -0.3 is 10.4 Å². The maximum Gasteiger partial charge on any atom is 0.516 e. The van der Waals surface area contributed by atoms with E-state index in [0.29, 0.717) is 34.2 Å². The molecular weight excluding hydrogens is 549 g/mol. The molecule has 3 heterocycles. The fourth-order valence-electron chi connectivity index (χ4n) is 4.01. The predicted octanol–water partition coefficient (Wildman–Crippen LogP) is 3.15. The number of hydrogen-bond acceptors (Lipinski definition) is 7. The Balaban J connectivity index is 1.48. The van der Waals surface area contributed by atoms with Crippen molar-refractivity contribution in [2.24, 2.45) is 5.10 Å². The molecule has 0 saturated heterocycles. The monoisotopic (exact) mass is 572 g/mol. The molecule has 0 atom stereocenters. The van der Waals surface area contributed by atoms with E-state index >= 15 is 0 Å². The largest absolute Gasteiger partial charge is 0.516 e. The quantitative estimate of drug-likeness (QED) is 0.428. The molecule has 0 spiro atoms. The number of nitrogens with one attached hydrogen (secondary N) is 1. The second kappa shape index (κ2) is 10.8. The van der Waals surface area contributed by atoms with Crippen LogP contribution in [0.4, 0.5) is 18.9 Å². The number of hydrazone groups is 1. The first-order valence-electron chi connectivity index (χ1n) is 11.5. The average molecular weight is 573 g/mol. The zero-order valence-corrected chi connectivity index (χ0v) is 21.7. The van der Waals surface area contributed by atoms with Crippen LogP contribution in [0, 0.1) is 0 Å². The van der Waals surface area contributed by atoms with E-state index in [1.165, 1.54) is 5.01 Å². The lowest BCUT2D eigenvalue weighted by atomic mass is 10.2. The highest BCUT2D eigenvalue weighted by molar-refractivity contribution is 7.90. The number of anilines is 1. The van der Waals surface area contributed by atoms with Crippen molar-refractivity contribution in [2.75, 3.05) is 24.7 Å². The molecule has 0 fully saturated rings. The first-order valence-corrected chi connectivity index (χ1v) is 13.4. The molecule has 38 heavy (non-hydrogen) atoms. The van der Waals surface area contributed by atoms with Gasteiger partial charge in [0, 0.05) is 19.2 Å². The van der Waals surface area contributed by atoms with Gasteiger partial charge in [-0.25, -0.2) is 9.29 Å². The Morgan fingerprint density at radius 2 is 1.87 bits per heavy atom. The maximum absolute atomic E-state index is 13.1. The molecule has 0 bridgehead atoms. The number of aromatic nitrogens is 2. The number of aliphatic hydroxyl groups is 1. The number of halogens is 4. The van der Waals surface area contributed by atoms with E-state index < -0.39 is 34.5 Å². The molecule has 4 rings (SSSR count). The molecule has 1 aliphatic rings. The maximum atomic E-state index is 13.1. The van der Waals surface area contributed by atoms with Crippen molar-refractivity contribution in [3.63, 3.8) is 0 Å². The molecule has 0 saturated carbocycles. The van der Waals surface area contributed by atoms with Gasteiger partial charge in [-0.05, 0) is 36.2 Å². The van der Waals surface area contributed by atoms with Gasteiger partial charge in [0.15, 0.2) is 0 Å². The molecule has 0 unspecified atom stereocenters. The number of imidazole rings is 1. The molecule has 2 aromatic heterocycles. The van der Waals surface area contributed by atoms with Gasteiger partial charge in [-0.3, -0.25) is 14.2 Å². The number of benzene rings is 1. The summed E-state index contributed by atoms with van der Waals surface area (Å²) >= 11 is 6.09. The third kappa shape index (κ3) is 5.42. The molecule has 3 aromatic rings. The predicted molar refractivity (Wildman–Crippen MR) is 135 cm³/mol. The van der Waals surface area contributed by atoms with E-state index in [1.807, 2.05) is 6.92 Å². The molecular formula is C23H24ClF3N6O4S. The Bertz CT molecular complexity index is 1470. The third-order valence-corrected chi connectivity index (χ3v) is 7.63. The second-order valence-electron chi connectivity index (χ2n) is 8.32. The second-order valence-corrected chi connectivity index (χ2v) is 10.6. The number of amidine groups is 1. The van der Waals surface area contributed by atoms with Crippen molar-refractivity contribution < 1.29 is 31.5 Å². The first-order chi connectivity index (χ1) is 18.0. The Labute approximate surface area is 221 Å². The zero-order chi connectivity index (χ0) is 27.7. The van der Waals surface area contributed by atoms with Crippen LogP contribution in [0.2, 0.25) is 5.02 Å². The molecule has 1 amide bonds. The van der Waals surface area contributed by atoms with Crippen molar-refractivity contribution >= 4 is 44.7 Å². The number of nitrogens with zero attached hydrogens (tertiary/aromatic N) is 5. The van der Waals surface area contributed by atoms with Crippen molar-refractivity contribution in [1.29, 1.82) is 0 Å². The topological polar surface area (TPSA) is 120 Å². The van der Waals surface area contributed by atoms with Crippen LogP contribution < -0.4 is 10.3 Å². The van der Waals surface area contributed by atoms with Crippen LogP contribution >= 0.6 is 11.6 Å². The average Bonchev–Trinajstić information content (AvgIpc) is 3.25. The van der Waals surface area contributed by atoms with Gasteiger partial charge in [0.1, 0.15) is 17.2 Å². The molecule has 1 aliphatic heterocycles. The van der Waals surface area contributed by atoms with Crippen LogP contribution in [-0.2, 0) is 23.0 Å². The minimum absolute atomic E-state index is 0.128. The fourth-order valence-corrected chi connectivity index (χ4v) is 5.14. The summed E-state index contributed by atoms with van der Waals surface area (Å²) in [4.78, 5) is 17.5. The summed E-state index contributed by atoms with van der Waals surface area (Å²) in [5.41, 5.74) is -2.62. The van der Waals surface area contributed by atoms with Crippen LogP contribution in [0.15, 0.2) is 47.7 Å². The SMILES string of the molecule is CCc1nc2ccc(Cl)cn2c1C(=O)NCc1ccc(N2CCN(S(=O)(=O)C(F)(F)F)C(CCO)=N2)cc1. The number of pyridine rings is 1. The summed E-state index contributed by atoms with van der Waals surface area (Å²) in [5.74, 6) is -0.742. The number of aliphatic hydroxyl groups excluding tert-OH is 1. The number of alkyl halides is 3. The standard InChI is InChI=1S/C23H24ClF3N6O4S/c1-2-18-21(31-14-16(24)5-8-19(31)29-18)22(35)28-13-15-3-6-17(7-4-15)32-10-11-33(20(30-32)9-12-34)38(36,37)23(25,26)27/h3-8,14,34H,2,9-13H2,1H3,(H,28,35). The zero-order valence-electron chi connectivity index (χ0n) is 20.1. The van der Waals surface area contributed by atoms with E-state index in [-0.39, 0.29) is 29.7 Å². The van der Waals surface area contributed by atoms with Gasteiger partial charge in [0.25, 0.3) is 5.91 Å². The van der Waals surface area contributed by atoms with Gasteiger partial charge in [-0.2, -0.15) is 26.7 Å². The Morgan fingerprint density at radius 3 is 2.50 bits per heavy atom. The number of aryl methyl sites for hydroxylation is 1. The van der Waals surface area contributed by atoms with Crippen molar-refractivity contribution in [1.82, 2.24) is 19.0 Å². The molecule has 10 nitrogen and oxygen atoms in total. The molecule has 204 valence electrons. The summed E-state index contributed by atoms with van der Waals surface area (Å²) in [6.45, 7) is 0.893. The fraction of sp³-hybridized carbons (Fsp3) is 0.348.